The van der Waals surface area contributed by atoms with Crippen LogP contribution in [0.2, 0.25) is 0 Å². The van der Waals surface area contributed by atoms with Gasteiger partial charge in [-0.1, -0.05) is 12.1 Å². The quantitative estimate of drug-likeness (QED) is 0.860. The molecule has 7 nitrogen and oxygen atoms in total. The topological polar surface area (TPSA) is 76.5 Å². The lowest BCUT2D eigenvalue weighted by Gasteiger charge is -2.26. The summed E-state index contributed by atoms with van der Waals surface area (Å²) in [4.78, 5) is 25.6. The molecule has 0 saturated carbocycles. The molecule has 3 rings (SSSR count). The number of aromatic nitrogens is 2. The lowest BCUT2D eigenvalue weighted by atomic mass is 10.1. The van der Waals surface area contributed by atoms with Crippen LogP contribution in [0.3, 0.4) is 0 Å². The molecule has 2 amide bonds. The summed E-state index contributed by atoms with van der Waals surface area (Å²) in [5.74, 6) is -0.148. The number of cyclic esters (lactones) is 1. The van der Waals surface area contributed by atoms with Crippen LogP contribution in [0.1, 0.15) is 33.7 Å². The summed E-state index contributed by atoms with van der Waals surface area (Å²) >= 11 is 0. The highest BCUT2D eigenvalue weighted by atomic mass is 16.6. The van der Waals surface area contributed by atoms with E-state index in [2.05, 4.69) is 10.4 Å². The molecular weight excluding hydrogens is 332 g/mol. The minimum absolute atomic E-state index is 0.148. The van der Waals surface area contributed by atoms with Gasteiger partial charge in [0, 0.05) is 30.9 Å². The van der Waals surface area contributed by atoms with Crippen molar-refractivity contribution < 1.29 is 14.3 Å². The molecule has 138 valence electrons. The van der Waals surface area contributed by atoms with Crippen molar-refractivity contribution in [3.05, 3.63) is 52.8 Å². The SMILES string of the molecule is Cc1cc(C)n(Cc2cccc(C(=O)NCCN3CCCOC3=O)c2)n1. The fourth-order valence-electron chi connectivity index (χ4n) is 3.03. The van der Waals surface area contributed by atoms with Crippen LogP contribution in [-0.2, 0) is 11.3 Å². The molecule has 1 N–H and O–H groups in total. The van der Waals surface area contributed by atoms with Crippen molar-refractivity contribution in [1.29, 1.82) is 0 Å². The number of aryl methyl sites for hydroxylation is 2. The van der Waals surface area contributed by atoms with Gasteiger partial charge >= 0.3 is 6.09 Å². The Morgan fingerprint density at radius 3 is 2.88 bits per heavy atom. The average Bonchev–Trinajstić information content (AvgIpc) is 2.94. The van der Waals surface area contributed by atoms with Gasteiger partial charge in [0.05, 0.1) is 18.8 Å². The Morgan fingerprint density at radius 2 is 2.15 bits per heavy atom. The number of ether oxygens (including phenoxy) is 1. The van der Waals surface area contributed by atoms with Gasteiger partial charge < -0.3 is 15.0 Å². The summed E-state index contributed by atoms with van der Waals surface area (Å²) in [6, 6.07) is 9.55. The second-order valence-electron chi connectivity index (χ2n) is 6.50. The van der Waals surface area contributed by atoms with Gasteiger partial charge in [-0.15, -0.1) is 0 Å². The van der Waals surface area contributed by atoms with E-state index in [0.29, 0.717) is 38.3 Å². The number of hydrogen-bond acceptors (Lipinski definition) is 4. The zero-order chi connectivity index (χ0) is 18.5. The van der Waals surface area contributed by atoms with E-state index in [9.17, 15) is 9.59 Å². The van der Waals surface area contributed by atoms with Crippen LogP contribution in [0, 0.1) is 13.8 Å². The van der Waals surface area contributed by atoms with Crippen LogP contribution in [0.5, 0.6) is 0 Å². The molecule has 1 aromatic heterocycles. The predicted molar refractivity (Wildman–Crippen MR) is 97.1 cm³/mol. The van der Waals surface area contributed by atoms with E-state index >= 15 is 0 Å². The van der Waals surface area contributed by atoms with Crippen LogP contribution in [0.15, 0.2) is 30.3 Å². The lowest BCUT2D eigenvalue weighted by molar-refractivity contribution is 0.0719. The van der Waals surface area contributed by atoms with Crippen LogP contribution in [-0.4, -0.2) is 52.9 Å². The molecule has 2 aromatic rings. The first-order valence-electron chi connectivity index (χ1n) is 8.83. The van der Waals surface area contributed by atoms with E-state index in [0.717, 1.165) is 23.4 Å². The van der Waals surface area contributed by atoms with Crippen LogP contribution < -0.4 is 5.32 Å². The minimum Gasteiger partial charge on any atom is -0.449 e. The standard InChI is InChI=1S/C19H24N4O3/c1-14-11-15(2)23(21-14)13-16-5-3-6-17(12-16)18(24)20-7-9-22-8-4-10-26-19(22)25/h3,5-6,11-12H,4,7-10,13H2,1-2H3,(H,20,24). The minimum atomic E-state index is -0.308. The third-order valence-electron chi connectivity index (χ3n) is 4.35. The predicted octanol–water partition coefficient (Wildman–Crippen LogP) is 2.12. The first-order valence-corrected chi connectivity index (χ1v) is 8.83. The van der Waals surface area contributed by atoms with Crippen LogP contribution in [0.4, 0.5) is 4.79 Å². The van der Waals surface area contributed by atoms with Gasteiger partial charge in [-0.05, 0) is 44.0 Å². The summed E-state index contributed by atoms with van der Waals surface area (Å²) in [5, 5.41) is 7.32. The number of carbonyl (C=O) groups is 2. The molecular formula is C19H24N4O3. The molecule has 7 heteroatoms. The van der Waals surface area contributed by atoms with E-state index in [1.807, 2.05) is 42.8 Å². The molecule has 2 heterocycles. The summed E-state index contributed by atoms with van der Waals surface area (Å²) < 4.78 is 6.91. The number of benzene rings is 1. The summed E-state index contributed by atoms with van der Waals surface area (Å²) in [7, 11) is 0. The smallest absolute Gasteiger partial charge is 0.409 e. The maximum atomic E-state index is 12.4. The fourth-order valence-corrected chi connectivity index (χ4v) is 3.03. The van der Waals surface area contributed by atoms with Gasteiger partial charge in [-0.3, -0.25) is 9.48 Å². The maximum absolute atomic E-state index is 12.4. The van der Waals surface area contributed by atoms with Crippen molar-refractivity contribution in [1.82, 2.24) is 20.0 Å². The molecule has 0 atom stereocenters. The molecule has 1 aliphatic rings. The highest BCUT2D eigenvalue weighted by molar-refractivity contribution is 5.94. The Kier molecular flexibility index (Phi) is 5.55. The van der Waals surface area contributed by atoms with Crippen molar-refractivity contribution in [3.8, 4) is 0 Å². The maximum Gasteiger partial charge on any atom is 0.409 e. The molecule has 1 fully saturated rings. The van der Waals surface area contributed by atoms with Gasteiger partial charge in [0.15, 0.2) is 0 Å². The number of carbonyl (C=O) groups excluding carboxylic acids is 2. The number of rotatable bonds is 6. The molecule has 0 unspecified atom stereocenters. The Bertz CT molecular complexity index is 800. The highest BCUT2D eigenvalue weighted by Gasteiger charge is 2.19. The average molecular weight is 356 g/mol. The molecule has 26 heavy (non-hydrogen) atoms. The van der Waals surface area contributed by atoms with Crippen LogP contribution >= 0.6 is 0 Å². The Morgan fingerprint density at radius 1 is 1.31 bits per heavy atom. The van der Waals surface area contributed by atoms with Crippen molar-refractivity contribution in [2.24, 2.45) is 0 Å². The largest absolute Gasteiger partial charge is 0.449 e. The van der Waals surface area contributed by atoms with E-state index in [4.69, 9.17) is 4.74 Å². The van der Waals surface area contributed by atoms with Gasteiger partial charge in [0.1, 0.15) is 0 Å². The number of nitrogens with zero attached hydrogens (tertiary/aromatic N) is 3. The van der Waals surface area contributed by atoms with Crippen molar-refractivity contribution >= 4 is 12.0 Å². The monoisotopic (exact) mass is 356 g/mol. The molecule has 0 bridgehead atoms. The van der Waals surface area contributed by atoms with E-state index in [-0.39, 0.29) is 12.0 Å². The molecule has 1 saturated heterocycles. The highest BCUT2D eigenvalue weighted by Crippen LogP contribution is 2.10. The molecule has 1 aliphatic heterocycles. The Labute approximate surface area is 152 Å². The first kappa shape index (κ1) is 18.0. The number of nitrogens with one attached hydrogen (secondary N) is 1. The second-order valence-corrected chi connectivity index (χ2v) is 6.50. The third-order valence-corrected chi connectivity index (χ3v) is 4.35. The Hall–Kier alpha value is -2.83. The molecule has 0 spiro atoms. The first-order chi connectivity index (χ1) is 12.5. The zero-order valence-electron chi connectivity index (χ0n) is 15.2. The summed E-state index contributed by atoms with van der Waals surface area (Å²) in [6.45, 7) is 6.61. The van der Waals surface area contributed by atoms with Gasteiger partial charge in [0.25, 0.3) is 5.91 Å². The summed E-state index contributed by atoms with van der Waals surface area (Å²) in [6.07, 6.45) is 0.519. The normalized spacial score (nSPS) is 14.2. The van der Waals surface area contributed by atoms with Crippen molar-refractivity contribution in [3.63, 3.8) is 0 Å². The molecule has 1 aromatic carbocycles. The van der Waals surface area contributed by atoms with E-state index in [1.165, 1.54) is 0 Å². The van der Waals surface area contributed by atoms with Gasteiger partial charge in [0.2, 0.25) is 0 Å². The van der Waals surface area contributed by atoms with E-state index in [1.54, 1.807) is 11.0 Å². The fraction of sp³-hybridized carbons (Fsp3) is 0.421. The second kappa shape index (κ2) is 8.03. The summed E-state index contributed by atoms with van der Waals surface area (Å²) in [5.41, 5.74) is 3.69. The van der Waals surface area contributed by atoms with Crippen LogP contribution in [0.25, 0.3) is 0 Å². The Balaban J connectivity index is 1.56. The van der Waals surface area contributed by atoms with Gasteiger partial charge in [-0.25, -0.2) is 4.79 Å². The lowest BCUT2D eigenvalue weighted by Crippen LogP contribution is -2.42. The third kappa shape index (κ3) is 4.41. The zero-order valence-corrected chi connectivity index (χ0v) is 15.2. The molecule has 0 aliphatic carbocycles. The van der Waals surface area contributed by atoms with Crippen molar-refractivity contribution in [2.75, 3.05) is 26.2 Å². The number of amides is 2. The molecule has 0 radical (unpaired) electrons. The number of hydrogen-bond donors (Lipinski definition) is 1. The van der Waals surface area contributed by atoms with E-state index < -0.39 is 0 Å². The van der Waals surface area contributed by atoms with Crippen molar-refractivity contribution in [2.45, 2.75) is 26.8 Å². The van der Waals surface area contributed by atoms with Gasteiger partial charge in [-0.2, -0.15) is 5.10 Å².